The summed E-state index contributed by atoms with van der Waals surface area (Å²) in [6.45, 7) is 2.23. The van der Waals surface area contributed by atoms with Crippen LogP contribution in [0, 0.1) is 6.92 Å². The Balaban J connectivity index is 1.64. The van der Waals surface area contributed by atoms with E-state index in [1.807, 2.05) is 11.3 Å². The summed E-state index contributed by atoms with van der Waals surface area (Å²) < 4.78 is 0. The largest absolute Gasteiger partial charge is 0.139 e. The third-order valence-electron chi connectivity index (χ3n) is 7.22. The number of rotatable bonds is 3. The molecule has 0 spiro atoms. The second-order valence-electron chi connectivity index (χ2n) is 9.32. The number of hydrogen-bond acceptors (Lipinski definition) is 1. The maximum Gasteiger partial charge on any atom is 0.0424 e. The van der Waals surface area contributed by atoms with Crippen LogP contribution in [0.2, 0.25) is 0 Å². The van der Waals surface area contributed by atoms with Gasteiger partial charge in [-0.3, -0.25) is 0 Å². The lowest BCUT2D eigenvalue weighted by atomic mass is 9.85. The fourth-order valence-corrected chi connectivity index (χ4v) is 6.74. The molecule has 0 radical (unpaired) electrons. The van der Waals surface area contributed by atoms with Crippen molar-refractivity contribution in [3.05, 3.63) is 132 Å². The van der Waals surface area contributed by atoms with Crippen molar-refractivity contribution in [3.8, 4) is 32.7 Å². The Bertz CT molecular complexity index is 1880. The fraction of sp³-hybridized carbons (Fsp3) is 0.0286. The first-order chi connectivity index (χ1) is 17.8. The van der Waals surface area contributed by atoms with E-state index >= 15 is 0 Å². The molecule has 0 unspecified atom stereocenters. The highest BCUT2D eigenvalue weighted by molar-refractivity contribution is 7.17. The molecule has 170 valence electrons. The van der Waals surface area contributed by atoms with Gasteiger partial charge in [0.05, 0.1) is 0 Å². The minimum Gasteiger partial charge on any atom is -0.139 e. The second kappa shape index (κ2) is 8.48. The minimum atomic E-state index is 1.25. The molecule has 0 atom stereocenters. The molecule has 36 heavy (non-hydrogen) atoms. The van der Waals surface area contributed by atoms with Gasteiger partial charge in [0, 0.05) is 15.1 Å². The zero-order chi connectivity index (χ0) is 24.1. The second-order valence-corrected chi connectivity index (χ2v) is 10.5. The summed E-state index contributed by atoms with van der Waals surface area (Å²) in [5, 5.41) is 7.86. The van der Waals surface area contributed by atoms with Gasteiger partial charge in [-0.05, 0) is 67.7 Å². The quantitative estimate of drug-likeness (QED) is 0.222. The Kier molecular flexibility index (Phi) is 4.97. The smallest absolute Gasteiger partial charge is 0.0424 e. The van der Waals surface area contributed by atoms with E-state index in [0.29, 0.717) is 0 Å². The first-order valence-electron chi connectivity index (χ1n) is 12.4. The van der Waals surface area contributed by atoms with E-state index in [2.05, 4.69) is 134 Å². The highest BCUT2D eigenvalue weighted by Crippen LogP contribution is 2.46. The summed E-state index contributed by atoms with van der Waals surface area (Å²) in [5.41, 5.74) is 6.40. The molecule has 0 nitrogen and oxygen atoms in total. The van der Waals surface area contributed by atoms with Gasteiger partial charge in [-0.15, -0.1) is 11.3 Å². The predicted molar refractivity (Wildman–Crippen MR) is 158 cm³/mol. The molecule has 0 N–H and O–H groups in total. The molecule has 0 aliphatic carbocycles. The number of hydrogen-bond donors (Lipinski definition) is 0. The van der Waals surface area contributed by atoms with Crippen LogP contribution in [-0.2, 0) is 0 Å². The minimum absolute atomic E-state index is 1.25. The average Bonchev–Trinajstić information content (AvgIpc) is 3.28. The highest BCUT2D eigenvalue weighted by atomic mass is 32.1. The average molecular weight is 477 g/mol. The maximum absolute atomic E-state index is 2.42. The van der Waals surface area contributed by atoms with E-state index in [-0.39, 0.29) is 0 Å². The van der Waals surface area contributed by atoms with E-state index < -0.39 is 0 Å². The van der Waals surface area contributed by atoms with Crippen molar-refractivity contribution in [2.75, 3.05) is 0 Å². The van der Waals surface area contributed by atoms with E-state index in [1.54, 1.807) is 0 Å². The molecule has 6 aromatic carbocycles. The maximum atomic E-state index is 2.42. The van der Waals surface area contributed by atoms with Gasteiger partial charge in [0.1, 0.15) is 0 Å². The normalized spacial score (nSPS) is 11.5. The molecule has 0 amide bonds. The monoisotopic (exact) mass is 476 g/mol. The van der Waals surface area contributed by atoms with Crippen molar-refractivity contribution in [2.45, 2.75) is 6.92 Å². The predicted octanol–water partition coefficient (Wildman–Crippen LogP) is 10.5. The van der Waals surface area contributed by atoms with Gasteiger partial charge in [0.15, 0.2) is 0 Å². The van der Waals surface area contributed by atoms with E-state index in [0.717, 1.165) is 0 Å². The molecule has 0 saturated heterocycles. The summed E-state index contributed by atoms with van der Waals surface area (Å²) in [6.07, 6.45) is 0. The number of aryl methyl sites for hydroxylation is 1. The Hall–Kier alpha value is -4.20. The molecule has 0 aliphatic rings. The van der Waals surface area contributed by atoms with Gasteiger partial charge in [0.2, 0.25) is 0 Å². The van der Waals surface area contributed by atoms with Crippen molar-refractivity contribution in [2.24, 2.45) is 0 Å². The Morgan fingerprint density at radius 2 is 0.861 bits per heavy atom. The molecule has 0 fully saturated rings. The van der Waals surface area contributed by atoms with Crippen LogP contribution in [0.15, 0.2) is 127 Å². The molecule has 0 saturated carbocycles. The van der Waals surface area contributed by atoms with Gasteiger partial charge in [0.25, 0.3) is 0 Å². The Labute approximate surface area is 215 Å². The lowest BCUT2D eigenvalue weighted by Gasteiger charge is -2.18. The Morgan fingerprint density at radius 1 is 0.389 bits per heavy atom. The third-order valence-corrected chi connectivity index (χ3v) is 8.40. The molecule has 7 rings (SSSR count). The first-order valence-corrected chi connectivity index (χ1v) is 13.2. The first kappa shape index (κ1) is 21.1. The number of thiophene rings is 1. The van der Waals surface area contributed by atoms with Crippen LogP contribution in [0.25, 0.3) is 65.0 Å². The molecule has 1 heteroatoms. The zero-order valence-corrected chi connectivity index (χ0v) is 20.8. The fourth-order valence-electron chi connectivity index (χ4n) is 5.62. The van der Waals surface area contributed by atoms with Gasteiger partial charge in [-0.1, -0.05) is 121 Å². The summed E-state index contributed by atoms with van der Waals surface area (Å²) >= 11 is 1.90. The van der Waals surface area contributed by atoms with Crippen LogP contribution in [0.4, 0.5) is 0 Å². The van der Waals surface area contributed by atoms with Crippen molar-refractivity contribution >= 4 is 43.7 Å². The summed E-state index contributed by atoms with van der Waals surface area (Å²) in [5.74, 6) is 0. The Morgan fingerprint density at radius 3 is 1.47 bits per heavy atom. The van der Waals surface area contributed by atoms with E-state index in [4.69, 9.17) is 0 Å². The van der Waals surface area contributed by atoms with Crippen molar-refractivity contribution in [1.29, 1.82) is 0 Å². The van der Waals surface area contributed by atoms with Crippen LogP contribution in [0.5, 0.6) is 0 Å². The molecule has 7 aromatic rings. The summed E-state index contributed by atoms with van der Waals surface area (Å²) in [7, 11) is 0. The van der Waals surface area contributed by atoms with Gasteiger partial charge in [-0.2, -0.15) is 0 Å². The number of fused-ring (bicyclic) bond motifs is 3. The van der Waals surface area contributed by atoms with Crippen molar-refractivity contribution in [1.82, 2.24) is 0 Å². The summed E-state index contributed by atoms with van der Waals surface area (Å²) in [4.78, 5) is 2.71. The van der Waals surface area contributed by atoms with E-state index in [1.165, 1.54) is 69.9 Å². The lowest BCUT2D eigenvalue weighted by molar-refractivity contribution is 1.65. The molecule has 1 heterocycles. The topological polar surface area (TPSA) is 0 Å². The standard InChI is InChI=1S/C35H24S/c1-23-27-16-8-11-19-31(27)35(36-23)26-20-21-30-32(22-26)34(25-14-6-3-7-15-25)29-18-10-9-17-28(29)33(30)24-12-4-2-5-13-24/h2-22H,1H3. The lowest BCUT2D eigenvalue weighted by Crippen LogP contribution is -1.91. The SMILES string of the molecule is Cc1sc(-c2ccc3c(-c4ccccc4)c4ccccc4c(-c4ccccc4)c3c2)c2ccccc12. The molecule has 0 bridgehead atoms. The molecular weight excluding hydrogens is 452 g/mol. The van der Waals surface area contributed by atoms with Gasteiger partial charge in [-0.25, -0.2) is 0 Å². The van der Waals surface area contributed by atoms with Crippen LogP contribution < -0.4 is 0 Å². The zero-order valence-electron chi connectivity index (χ0n) is 20.0. The third kappa shape index (κ3) is 3.28. The van der Waals surface area contributed by atoms with Gasteiger partial charge < -0.3 is 0 Å². The van der Waals surface area contributed by atoms with Gasteiger partial charge >= 0.3 is 0 Å². The van der Waals surface area contributed by atoms with Crippen molar-refractivity contribution < 1.29 is 0 Å². The number of benzene rings is 6. The molecular formula is C35H24S. The molecule has 1 aromatic heterocycles. The highest BCUT2D eigenvalue weighted by Gasteiger charge is 2.18. The van der Waals surface area contributed by atoms with Crippen LogP contribution in [-0.4, -0.2) is 0 Å². The molecule has 0 aliphatic heterocycles. The van der Waals surface area contributed by atoms with Crippen LogP contribution >= 0.6 is 11.3 Å². The van der Waals surface area contributed by atoms with Crippen LogP contribution in [0.3, 0.4) is 0 Å². The van der Waals surface area contributed by atoms with Crippen molar-refractivity contribution in [3.63, 3.8) is 0 Å². The van der Waals surface area contributed by atoms with Crippen LogP contribution in [0.1, 0.15) is 4.88 Å². The van der Waals surface area contributed by atoms with E-state index in [9.17, 15) is 0 Å². The summed E-state index contributed by atoms with van der Waals surface area (Å²) in [6, 6.07) is 46.4.